The van der Waals surface area contributed by atoms with Gasteiger partial charge in [0.15, 0.2) is 5.78 Å². The average Bonchev–Trinajstić information content (AvgIpc) is 2.35. The van der Waals surface area contributed by atoms with Crippen LogP contribution in [-0.2, 0) is 4.79 Å². The van der Waals surface area contributed by atoms with Crippen molar-refractivity contribution >= 4 is 5.78 Å². The molecule has 0 amide bonds. The topological polar surface area (TPSA) is 144 Å². The van der Waals surface area contributed by atoms with Crippen LogP contribution in [0.15, 0.2) is 0 Å². The van der Waals surface area contributed by atoms with Crippen LogP contribution in [0.4, 0.5) is 0 Å². The molecule has 7 heteroatoms. The van der Waals surface area contributed by atoms with E-state index in [1.807, 2.05) is 6.92 Å². The zero-order valence-electron chi connectivity index (χ0n) is 10.5. The summed E-state index contributed by atoms with van der Waals surface area (Å²) >= 11 is 0. The minimum Gasteiger partial charge on any atom is -0.394 e. The van der Waals surface area contributed by atoms with Crippen LogP contribution in [0.1, 0.15) is 32.6 Å². The van der Waals surface area contributed by atoms with E-state index in [2.05, 4.69) is 0 Å². The van der Waals surface area contributed by atoms with Crippen LogP contribution in [0.2, 0.25) is 0 Å². The van der Waals surface area contributed by atoms with Crippen molar-refractivity contribution in [3.05, 3.63) is 0 Å². The highest BCUT2D eigenvalue weighted by Crippen LogP contribution is 2.15. The molecule has 7 N–H and O–H groups in total. The molecule has 0 rings (SSSR count). The number of Topliss-reactive ketones (excluding diaryl/α,β-unsaturated/α-hetero) is 1. The fraction of sp³-hybridized carbons (Fsp3) is 0.909. The molecule has 0 fully saturated rings. The Labute approximate surface area is 106 Å². The van der Waals surface area contributed by atoms with Gasteiger partial charge in [-0.05, 0) is 6.42 Å². The summed E-state index contributed by atoms with van der Waals surface area (Å²) in [6.07, 6.45) is -3.50. The Balaban J connectivity index is 4.54. The predicted molar refractivity (Wildman–Crippen MR) is 63.4 cm³/mol. The summed E-state index contributed by atoms with van der Waals surface area (Å²) in [4.78, 5) is 11.6. The number of aliphatic hydroxyl groups is 5. The van der Waals surface area contributed by atoms with Crippen molar-refractivity contribution in [3.63, 3.8) is 0 Å². The molecule has 0 radical (unpaired) electrons. The van der Waals surface area contributed by atoms with E-state index in [9.17, 15) is 20.1 Å². The van der Waals surface area contributed by atoms with Crippen LogP contribution in [0.3, 0.4) is 0 Å². The molecular formula is C11H23NO6. The SMILES string of the molecule is CCCCCC(=O)[C@](N)(O)C(O)C(O)C(O)CO. The molecule has 0 bridgehead atoms. The smallest absolute Gasteiger partial charge is 0.202 e. The Hall–Kier alpha value is -0.570. The molecule has 18 heavy (non-hydrogen) atoms. The lowest BCUT2D eigenvalue weighted by molar-refractivity contribution is -0.173. The van der Waals surface area contributed by atoms with Gasteiger partial charge in [-0.2, -0.15) is 0 Å². The third-order valence-electron chi connectivity index (χ3n) is 2.81. The molecule has 0 aromatic heterocycles. The van der Waals surface area contributed by atoms with Crippen molar-refractivity contribution in [1.82, 2.24) is 0 Å². The van der Waals surface area contributed by atoms with Gasteiger partial charge in [-0.15, -0.1) is 0 Å². The van der Waals surface area contributed by atoms with Gasteiger partial charge in [0.2, 0.25) is 5.72 Å². The van der Waals surface area contributed by atoms with Crippen molar-refractivity contribution < 1.29 is 30.3 Å². The third kappa shape index (κ3) is 4.60. The van der Waals surface area contributed by atoms with Crippen molar-refractivity contribution in [2.24, 2.45) is 5.73 Å². The van der Waals surface area contributed by atoms with E-state index in [1.165, 1.54) is 0 Å². The summed E-state index contributed by atoms with van der Waals surface area (Å²) in [5.74, 6) is -0.812. The summed E-state index contributed by atoms with van der Waals surface area (Å²) in [7, 11) is 0. The van der Waals surface area contributed by atoms with Gasteiger partial charge >= 0.3 is 0 Å². The van der Waals surface area contributed by atoms with Crippen molar-refractivity contribution in [3.8, 4) is 0 Å². The van der Waals surface area contributed by atoms with Gasteiger partial charge < -0.3 is 25.5 Å². The Kier molecular flexibility index (Phi) is 7.53. The van der Waals surface area contributed by atoms with Crippen LogP contribution < -0.4 is 5.73 Å². The molecule has 0 aliphatic rings. The zero-order chi connectivity index (χ0) is 14.3. The molecule has 0 aliphatic heterocycles. The first kappa shape index (κ1) is 17.4. The quantitative estimate of drug-likeness (QED) is 0.206. The van der Waals surface area contributed by atoms with Crippen LogP contribution in [-0.4, -0.2) is 62.0 Å². The second-order valence-corrected chi connectivity index (χ2v) is 4.39. The molecule has 0 aliphatic carbocycles. The number of ketones is 1. The van der Waals surface area contributed by atoms with E-state index in [0.717, 1.165) is 12.8 Å². The first-order valence-electron chi connectivity index (χ1n) is 5.98. The molecule has 0 saturated carbocycles. The largest absolute Gasteiger partial charge is 0.394 e. The number of hydrogen-bond donors (Lipinski definition) is 6. The van der Waals surface area contributed by atoms with E-state index in [-0.39, 0.29) is 6.42 Å². The van der Waals surface area contributed by atoms with Gasteiger partial charge in [0.05, 0.1) is 6.61 Å². The second-order valence-electron chi connectivity index (χ2n) is 4.39. The number of rotatable bonds is 9. The van der Waals surface area contributed by atoms with Gasteiger partial charge in [-0.3, -0.25) is 10.5 Å². The summed E-state index contributed by atoms with van der Waals surface area (Å²) in [6, 6.07) is 0. The van der Waals surface area contributed by atoms with Gasteiger partial charge in [0.25, 0.3) is 0 Å². The first-order valence-corrected chi connectivity index (χ1v) is 5.98. The maximum absolute atomic E-state index is 11.6. The molecule has 0 heterocycles. The summed E-state index contributed by atoms with van der Waals surface area (Å²) in [5.41, 5.74) is 2.65. The van der Waals surface area contributed by atoms with E-state index < -0.39 is 36.4 Å². The standard InChI is InChI=1S/C11H23NO6/c1-2-3-4-5-8(15)11(12,18)10(17)9(16)7(14)6-13/h7,9-10,13-14,16-18H,2-6,12H2,1H3/t7?,9?,10?,11-/m0/s1. The van der Waals surface area contributed by atoms with E-state index in [1.54, 1.807) is 0 Å². The predicted octanol–water partition coefficient (Wildman–Crippen LogP) is -2.14. The highest BCUT2D eigenvalue weighted by Gasteiger charge is 2.44. The van der Waals surface area contributed by atoms with E-state index >= 15 is 0 Å². The number of aliphatic hydroxyl groups excluding tert-OH is 4. The number of carbonyl (C=O) groups excluding carboxylic acids is 1. The van der Waals surface area contributed by atoms with Crippen molar-refractivity contribution in [2.75, 3.05) is 6.61 Å². The second kappa shape index (κ2) is 7.78. The molecule has 3 unspecified atom stereocenters. The van der Waals surface area contributed by atoms with Gasteiger partial charge in [-0.25, -0.2) is 0 Å². The fourth-order valence-corrected chi connectivity index (χ4v) is 1.48. The number of hydrogen-bond acceptors (Lipinski definition) is 7. The molecule has 0 spiro atoms. The van der Waals surface area contributed by atoms with Gasteiger partial charge in [-0.1, -0.05) is 19.8 Å². The van der Waals surface area contributed by atoms with E-state index in [0.29, 0.717) is 6.42 Å². The molecule has 0 aromatic carbocycles. The highest BCUT2D eigenvalue weighted by molar-refractivity contribution is 5.87. The zero-order valence-corrected chi connectivity index (χ0v) is 10.5. The maximum atomic E-state index is 11.6. The first-order chi connectivity index (χ1) is 8.28. The normalized spacial score (nSPS) is 19.9. The van der Waals surface area contributed by atoms with Gasteiger partial charge in [0, 0.05) is 6.42 Å². The monoisotopic (exact) mass is 265 g/mol. The number of carbonyl (C=O) groups is 1. The molecule has 0 aromatic rings. The van der Waals surface area contributed by atoms with Gasteiger partial charge in [0.1, 0.15) is 18.3 Å². The minimum atomic E-state index is -2.64. The molecular weight excluding hydrogens is 242 g/mol. The average molecular weight is 265 g/mol. The lowest BCUT2D eigenvalue weighted by Gasteiger charge is -2.32. The molecule has 108 valence electrons. The van der Waals surface area contributed by atoms with Crippen LogP contribution in [0, 0.1) is 0 Å². The summed E-state index contributed by atoms with van der Waals surface area (Å²) in [6.45, 7) is 1.12. The molecule has 7 nitrogen and oxygen atoms in total. The van der Waals surface area contributed by atoms with Crippen molar-refractivity contribution in [2.45, 2.75) is 56.6 Å². The Morgan fingerprint density at radius 2 is 1.83 bits per heavy atom. The summed E-state index contributed by atoms with van der Waals surface area (Å²) in [5, 5.41) is 46.4. The van der Waals surface area contributed by atoms with Crippen LogP contribution >= 0.6 is 0 Å². The minimum absolute atomic E-state index is 0.0279. The lowest BCUT2D eigenvalue weighted by Crippen LogP contribution is -2.63. The number of nitrogens with two attached hydrogens (primary N) is 1. The Morgan fingerprint density at radius 1 is 1.28 bits per heavy atom. The molecule has 0 saturated heterocycles. The maximum Gasteiger partial charge on any atom is 0.202 e. The Bertz CT molecular complexity index is 258. The van der Waals surface area contributed by atoms with E-state index in [4.69, 9.17) is 15.9 Å². The Morgan fingerprint density at radius 3 is 2.28 bits per heavy atom. The van der Waals surface area contributed by atoms with Crippen LogP contribution in [0.5, 0.6) is 0 Å². The van der Waals surface area contributed by atoms with Crippen LogP contribution in [0.25, 0.3) is 0 Å². The number of unbranched alkanes of at least 4 members (excludes halogenated alkanes) is 2. The summed E-state index contributed by atoms with van der Waals surface area (Å²) < 4.78 is 0. The van der Waals surface area contributed by atoms with Crippen molar-refractivity contribution in [1.29, 1.82) is 0 Å². The third-order valence-corrected chi connectivity index (χ3v) is 2.81. The molecule has 4 atom stereocenters. The highest BCUT2D eigenvalue weighted by atomic mass is 16.4. The lowest BCUT2D eigenvalue weighted by atomic mass is 9.92. The fourth-order valence-electron chi connectivity index (χ4n) is 1.48.